The summed E-state index contributed by atoms with van der Waals surface area (Å²) in [5.74, 6) is -0.268. The van der Waals surface area contributed by atoms with Crippen LogP contribution in [-0.4, -0.2) is 25.6 Å². The molecule has 0 saturated heterocycles. The van der Waals surface area contributed by atoms with Crippen molar-refractivity contribution in [3.05, 3.63) is 69.7 Å². The zero-order valence-corrected chi connectivity index (χ0v) is 16.2. The molecule has 0 saturated carbocycles. The standard InChI is InChI=1S/C20H20BrNO4/c1-14-7-8-15(17(21)11-14)9-10-20(24)26-13-19(23)22-12-16-5-3-4-6-18(16)25-2/h3-11H,12-13H2,1-2H3,(H,22,23)/b10-9+. The molecule has 0 aliphatic carbocycles. The SMILES string of the molecule is COc1ccccc1CNC(=O)COC(=O)/C=C/c1ccc(C)cc1Br. The number of rotatable bonds is 7. The first kappa shape index (κ1) is 19.7. The van der Waals surface area contributed by atoms with Gasteiger partial charge in [-0.25, -0.2) is 4.79 Å². The zero-order valence-electron chi connectivity index (χ0n) is 14.6. The molecule has 2 rings (SSSR count). The minimum atomic E-state index is -0.579. The number of carbonyl (C=O) groups is 2. The van der Waals surface area contributed by atoms with Crippen LogP contribution >= 0.6 is 15.9 Å². The van der Waals surface area contributed by atoms with Gasteiger partial charge in [-0.1, -0.05) is 46.3 Å². The third kappa shape index (κ3) is 6.04. The molecular formula is C20H20BrNO4. The lowest BCUT2D eigenvalue weighted by atomic mass is 10.1. The van der Waals surface area contributed by atoms with Gasteiger partial charge in [0.25, 0.3) is 5.91 Å². The highest BCUT2D eigenvalue weighted by Crippen LogP contribution is 2.19. The molecular weight excluding hydrogens is 398 g/mol. The molecule has 0 heterocycles. The van der Waals surface area contributed by atoms with Crippen molar-refractivity contribution in [2.45, 2.75) is 13.5 Å². The van der Waals surface area contributed by atoms with E-state index in [1.807, 2.05) is 49.4 Å². The number of methoxy groups -OCH3 is 1. The number of para-hydroxylation sites is 1. The summed E-state index contributed by atoms with van der Waals surface area (Å²) in [6.07, 6.45) is 2.93. The molecule has 136 valence electrons. The lowest BCUT2D eigenvalue weighted by molar-refractivity contribution is -0.143. The van der Waals surface area contributed by atoms with E-state index in [1.54, 1.807) is 13.2 Å². The van der Waals surface area contributed by atoms with E-state index in [2.05, 4.69) is 21.2 Å². The molecule has 0 aromatic heterocycles. The molecule has 2 aromatic carbocycles. The number of nitrogens with one attached hydrogen (secondary N) is 1. The fraction of sp³-hybridized carbons (Fsp3) is 0.200. The molecule has 6 heteroatoms. The number of benzene rings is 2. The van der Waals surface area contributed by atoms with Crippen LogP contribution in [0.2, 0.25) is 0 Å². The van der Waals surface area contributed by atoms with Crippen LogP contribution in [-0.2, 0) is 20.9 Å². The summed E-state index contributed by atoms with van der Waals surface area (Å²) in [5.41, 5.74) is 2.82. The third-order valence-corrected chi connectivity index (χ3v) is 4.26. The van der Waals surface area contributed by atoms with Crippen LogP contribution in [0.25, 0.3) is 6.08 Å². The van der Waals surface area contributed by atoms with Crippen LogP contribution in [0, 0.1) is 6.92 Å². The van der Waals surface area contributed by atoms with E-state index in [0.29, 0.717) is 12.3 Å². The van der Waals surface area contributed by atoms with Crippen molar-refractivity contribution in [2.75, 3.05) is 13.7 Å². The van der Waals surface area contributed by atoms with E-state index >= 15 is 0 Å². The largest absolute Gasteiger partial charge is 0.496 e. The Morgan fingerprint density at radius 1 is 1.19 bits per heavy atom. The molecule has 0 atom stereocenters. The predicted molar refractivity (Wildman–Crippen MR) is 104 cm³/mol. The maximum absolute atomic E-state index is 11.8. The number of esters is 1. The smallest absolute Gasteiger partial charge is 0.331 e. The predicted octanol–water partition coefficient (Wildman–Crippen LogP) is 3.64. The molecule has 2 aromatic rings. The van der Waals surface area contributed by atoms with Crippen molar-refractivity contribution in [1.82, 2.24) is 5.32 Å². The fourth-order valence-electron chi connectivity index (χ4n) is 2.20. The molecule has 0 aliphatic heterocycles. The second-order valence-electron chi connectivity index (χ2n) is 5.55. The first-order valence-corrected chi connectivity index (χ1v) is 8.78. The molecule has 0 bridgehead atoms. The van der Waals surface area contributed by atoms with Gasteiger partial charge in [-0.3, -0.25) is 4.79 Å². The quantitative estimate of drug-likeness (QED) is 0.551. The molecule has 0 radical (unpaired) electrons. The average Bonchev–Trinajstić information content (AvgIpc) is 2.64. The van der Waals surface area contributed by atoms with E-state index in [-0.39, 0.29) is 12.5 Å². The van der Waals surface area contributed by atoms with E-state index in [1.165, 1.54) is 6.08 Å². The van der Waals surface area contributed by atoms with E-state index in [9.17, 15) is 9.59 Å². The number of ether oxygens (including phenoxy) is 2. The van der Waals surface area contributed by atoms with Gasteiger partial charge in [0.05, 0.1) is 7.11 Å². The highest BCUT2D eigenvalue weighted by atomic mass is 79.9. The number of amides is 1. The number of hydrogen-bond acceptors (Lipinski definition) is 4. The number of carbonyl (C=O) groups excluding carboxylic acids is 2. The lowest BCUT2D eigenvalue weighted by Gasteiger charge is -2.09. The zero-order chi connectivity index (χ0) is 18.9. The van der Waals surface area contributed by atoms with Gasteiger partial charge in [-0.2, -0.15) is 0 Å². The van der Waals surface area contributed by atoms with Crippen molar-refractivity contribution in [3.8, 4) is 5.75 Å². The first-order chi connectivity index (χ1) is 12.5. The Bertz CT molecular complexity index is 817. The molecule has 0 fully saturated rings. The van der Waals surface area contributed by atoms with Crippen molar-refractivity contribution < 1.29 is 19.1 Å². The van der Waals surface area contributed by atoms with Crippen molar-refractivity contribution in [2.24, 2.45) is 0 Å². The first-order valence-electron chi connectivity index (χ1n) is 7.99. The Morgan fingerprint density at radius 2 is 1.96 bits per heavy atom. The Morgan fingerprint density at radius 3 is 2.69 bits per heavy atom. The van der Waals surface area contributed by atoms with E-state index in [0.717, 1.165) is 21.2 Å². The minimum Gasteiger partial charge on any atom is -0.496 e. The van der Waals surface area contributed by atoms with Crippen LogP contribution in [0.15, 0.2) is 53.0 Å². The summed E-state index contributed by atoms with van der Waals surface area (Å²) in [4.78, 5) is 23.6. The van der Waals surface area contributed by atoms with Crippen LogP contribution in [0.1, 0.15) is 16.7 Å². The topological polar surface area (TPSA) is 64.6 Å². The summed E-state index contributed by atoms with van der Waals surface area (Å²) in [6, 6.07) is 13.2. The summed E-state index contributed by atoms with van der Waals surface area (Å²) in [7, 11) is 1.57. The van der Waals surface area contributed by atoms with Crippen molar-refractivity contribution in [1.29, 1.82) is 0 Å². The van der Waals surface area contributed by atoms with Gasteiger partial charge in [0, 0.05) is 22.7 Å². The summed E-state index contributed by atoms with van der Waals surface area (Å²) in [6.45, 7) is 1.94. The molecule has 0 aliphatic rings. The fourth-order valence-corrected chi connectivity index (χ4v) is 2.83. The van der Waals surface area contributed by atoms with E-state index < -0.39 is 5.97 Å². The van der Waals surface area contributed by atoms with Crippen LogP contribution in [0.5, 0.6) is 5.75 Å². The highest BCUT2D eigenvalue weighted by molar-refractivity contribution is 9.10. The maximum atomic E-state index is 11.8. The van der Waals surface area contributed by atoms with Crippen LogP contribution in [0.3, 0.4) is 0 Å². The Kier molecular flexibility index (Phi) is 7.41. The number of hydrogen-bond donors (Lipinski definition) is 1. The van der Waals surface area contributed by atoms with Crippen molar-refractivity contribution >= 4 is 33.9 Å². The molecule has 26 heavy (non-hydrogen) atoms. The Hall–Kier alpha value is -2.60. The normalized spacial score (nSPS) is 10.6. The van der Waals surface area contributed by atoms with Gasteiger partial charge in [0.2, 0.25) is 0 Å². The van der Waals surface area contributed by atoms with Crippen LogP contribution < -0.4 is 10.1 Å². The number of halogens is 1. The van der Waals surface area contributed by atoms with Crippen LogP contribution in [0.4, 0.5) is 0 Å². The molecule has 1 amide bonds. The maximum Gasteiger partial charge on any atom is 0.331 e. The monoisotopic (exact) mass is 417 g/mol. The average molecular weight is 418 g/mol. The van der Waals surface area contributed by atoms with Gasteiger partial charge < -0.3 is 14.8 Å². The Balaban J connectivity index is 1.79. The molecule has 1 N–H and O–H groups in total. The lowest BCUT2D eigenvalue weighted by Crippen LogP contribution is -2.28. The molecule has 0 spiro atoms. The summed E-state index contributed by atoms with van der Waals surface area (Å²) in [5, 5.41) is 2.69. The molecule has 0 unspecified atom stereocenters. The van der Waals surface area contributed by atoms with Gasteiger partial charge in [-0.15, -0.1) is 0 Å². The van der Waals surface area contributed by atoms with Gasteiger partial charge in [0.1, 0.15) is 5.75 Å². The summed E-state index contributed by atoms with van der Waals surface area (Å²) >= 11 is 3.44. The van der Waals surface area contributed by atoms with Gasteiger partial charge in [0.15, 0.2) is 6.61 Å². The molecule has 5 nitrogen and oxygen atoms in total. The number of aryl methyl sites for hydroxylation is 1. The van der Waals surface area contributed by atoms with E-state index in [4.69, 9.17) is 9.47 Å². The van der Waals surface area contributed by atoms with Crippen molar-refractivity contribution in [3.63, 3.8) is 0 Å². The second kappa shape index (κ2) is 9.77. The van der Waals surface area contributed by atoms with Gasteiger partial charge in [-0.05, 0) is 36.3 Å². The minimum absolute atomic E-state index is 0.298. The summed E-state index contributed by atoms with van der Waals surface area (Å²) < 4.78 is 11.1. The highest BCUT2D eigenvalue weighted by Gasteiger charge is 2.07. The second-order valence-corrected chi connectivity index (χ2v) is 6.41. The van der Waals surface area contributed by atoms with Gasteiger partial charge >= 0.3 is 5.97 Å². The Labute approximate surface area is 161 Å². The third-order valence-electron chi connectivity index (χ3n) is 3.57.